The van der Waals surface area contributed by atoms with E-state index in [1.807, 2.05) is 18.9 Å². The molecule has 0 unspecified atom stereocenters. The van der Waals surface area contributed by atoms with E-state index in [0.717, 1.165) is 19.4 Å². The van der Waals surface area contributed by atoms with E-state index in [1.165, 1.54) is 0 Å². The quantitative estimate of drug-likeness (QED) is 0.769. The molecule has 1 heterocycles. The molecule has 1 saturated carbocycles. The first-order valence-corrected chi connectivity index (χ1v) is 6.46. The first kappa shape index (κ1) is 12.4. The molecule has 0 spiro atoms. The molecular formula is C12H18ClN3O. The molecule has 0 N–H and O–H groups in total. The zero-order valence-corrected chi connectivity index (χ0v) is 11.0. The van der Waals surface area contributed by atoms with Crippen LogP contribution in [0.3, 0.4) is 0 Å². The van der Waals surface area contributed by atoms with Crippen molar-refractivity contribution in [2.75, 3.05) is 18.5 Å². The van der Waals surface area contributed by atoms with E-state index in [-0.39, 0.29) is 5.56 Å². The topological polar surface area (TPSA) is 38.1 Å². The van der Waals surface area contributed by atoms with Gasteiger partial charge in [-0.2, -0.15) is 0 Å². The number of alkyl halides is 1. The highest BCUT2D eigenvalue weighted by Gasteiger charge is 2.28. The lowest BCUT2D eigenvalue weighted by Gasteiger charge is -2.34. The van der Waals surface area contributed by atoms with Crippen LogP contribution in [0.15, 0.2) is 17.2 Å². The van der Waals surface area contributed by atoms with E-state index < -0.39 is 0 Å². The molecule has 1 aliphatic carbocycles. The first-order valence-electron chi connectivity index (χ1n) is 6.02. The van der Waals surface area contributed by atoms with Crippen molar-refractivity contribution in [2.45, 2.75) is 31.7 Å². The number of hydrogen-bond donors (Lipinski definition) is 0. The molecule has 0 amide bonds. The van der Waals surface area contributed by atoms with Crippen LogP contribution in [0.2, 0.25) is 0 Å². The molecule has 1 aliphatic rings. The summed E-state index contributed by atoms with van der Waals surface area (Å²) in [6.45, 7) is 3.49. The van der Waals surface area contributed by atoms with Gasteiger partial charge >= 0.3 is 0 Å². The van der Waals surface area contributed by atoms with Gasteiger partial charge in [-0.15, -0.1) is 11.6 Å². The van der Waals surface area contributed by atoms with E-state index in [0.29, 0.717) is 23.7 Å². The fraction of sp³-hybridized carbons (Fsp3) is 0.667. The summed E-state index contributed by atoms with van der Waals surface area (Å²) in [5.41, 5.74) is -0.0146. The Hall–Kier alpha value is -1.03. The predicted octanol–water partition coefficient (Wildman–Crippen LogP) is 1.72. The summed E-state index contributed by atoms with van der Waals surface area (Å²) in [5, 5.41) is 0.324. The van der Waals surface area contributed by atoms with E-state index in [2.05, 4.69) is 4.98 Å². The molecule has 94 valence electrons. The van der Waals surface area contributed by atoms with Crippen molar-refractivity contribution >= 4 is 17.4 Å². The van der Waals surface area contributed by atoms with E-state index >= 15 is 0 Å². The number of anilines is 1. The van der Waals surface area contributed by atoms with Gasteiger partial charge in [0.25, 0.3) is 5.56 Å². The molecule has 17 heavy (non-hydrogen) atoms. The van der Waals surface area contributed by atoms with Crippen LogP contribution in [0.25, 0.3) is 0 Å². The Morgan fingerprint density at radius 1 is 1.59 bits per heavy atom. The summed E-state index contributed by atoms with van der Waals surface area (Å²) in [6.07, 6.45) is 5.49. The van der Waals surface area contributed by atoms with Gasteiger partial charge in [0, 0.05) is 37.9 Å². The minimum atomic E-state index is -0.0146. The van der Waals surface area contributed by atoms with E-state index in [4.69, 9.17) is 11.6 Å². The van der Waals surface area contributed by atoms with Gasteiger partial charge in [-0.05, 0) is 25.7 Å². The minimum absolute atomic E-state index is 0.0146. The Morgan fingerprint density at radius 2 is 2.29 bits per heavy atom. The van der Waals surface area contributed by atoms with Gasteiger partial charge in [0.05, 0.1) is 0 Å². The second kappa shape index (κ2) is 5.08. The SMILES string of the molecule is CCn1ccnc(N(C)CC2CC(Cl)C2)c1=O. The summed E-state index contributed by atoms with van der Waals surface area (Å²) in [5.74, 6) is 1.13. The number of rotatable bonds is 4. The average Bonchev–Trinajstić information content (AvgIpc) is 2.27. The lowest BCUT2D eigenvalue weighted by Crippen LogP contribution is -2.38. The van der Waals surface area contributed by atoms with Gasteiger partial charge in [-0.25, -0.2) is 4.98 Å². The predicted molar refractivity (Wildman–Crippen MR) is 69.8 cm³/mol. The third kappa shape index (κ3) is 2.63. The Balaban J connectivity index is 2.08. The largest absolute Gasteiger partial charge is 0.355 e. The molecule has 0 saturated heterocycles. The molecule has 1 aromatic rings. The van der Waals surface area contributed by atoms with E-state index in [9.17, 15) is 4.79 Å². The highest BCUT2D eigenvalue weighted by atomic mass is 35.5. The smallest absolute Gasteiger partial charge is 0.293 e. The molecule has 0 aromatic carbocycles. The molecule has 0 bridgehead atoms. The average molecular weight is 256 g/mol. The first-order chi connectivity index (χ1) is 8.11. The minimum Gasteiger partial charge on any atom is -0.355 e. The van der Waals surface area contributed by atoms with Crippen molar-refractivity contribution in [1.82, 2.24) is 9.55 Å². The van der Waals surface area contributed by atoms with Crippen molar-refractivity contribution in [3.05, 3.63) is 22.7 Å². The van der Waals surface area contributed by atoms with Crippen molar-refractivity contribution in [3.63, 3.8) is 0 Å². The highest BCUT2D eigenvalue weighted by molar-refractivity contribution is 6.21. The van der Waals surface area contributed by atoms with Crippen molar-refractivity contribution < 1.29 is 0 Å². The van der Waals surface area contributed by atoms with Crippen LogP contribution < -0.4 is 10.5 Å². The van der Waals surface area contributed by atoms with E-state index in [1.54, 1.807) is 17.0 Å². The van der Waals surface area contributed by atoms with Crippen LogP contribution in [0.5, 0.6) is 0 Å². The maximum absolute atomic E-state index is 12.0. The van der Waals surface area contributed by atoms with Crippen LogP contribution in [0.1, 0.15) is 19.8 Å². The van der Waals surface area contributed by atoms with Crippen LogP contribution in [0, 0.1) is 5.92 Å². The zero-order chi connectivity index (χ0) is 12.4. The molecule has 0 radical (unpaired) electrons. The lowest BCUT2D eigenvalue weighted by molar-refractivity contribution is 0.328. The van der Waals surface area contributed by atoms with Crippen molar-refractivity contribution in [3.8, 4) is 0 Å². The highest BCUT2D eigenvalue weighted by Crippen LogP contribution is 2.32. The Bertz CT molecular complexity index is 440. The molecular weight excluding hydrogens is 238 g/mol. The van der Waals surface area contributed by atoms with Crippen molar-refractivity contribution in [2.24, 2.45) is 5.92 Å². The van der Waals surface area contributed by atoms with Gasteiger partial charge < -0.3 is 9.47 Å². The number of halogens is 1. The fourth-order valence-corrected chi connectivity index (χ4v) is 2.73. The number of aryl methyl sites for hydroxylation is 1. The molecule has 2 rings (SSSR count). The monoisotopic (exact) mass is 255 g/mol. The van der Waals surface area contributed by atoms with Crippen LogP contribution in [0.4, 0.5) is 5.82 Å². The van der Waals surface area contributed by atoms with Crippen LogP contribution in [-0.4, -0.2) is 28.5 Å². The number of aromatic nitrogens is 2. The molecule has 1 aromatic heterocycles. The van der Waals surface area contributed by atoms with Gasteiger partial charge in [0.1, 0.15) is 0 Å². The summed E-state index contributed by atoms with van der Waals surface area (Å²) in [6, 6.07) is 0. The summed E-state index contributed by atoms with van der Waals surface area (Å²) in [4.78, 5) is 18.1. The van der Waals surface area contributed by atoms with Gasteiger partial charge in [0.2, 0.25) is 0 Å². The van der Waals surface area contributed by atoms with Crippen LogP contribution in [-0.2, 0) is 6.54 Å². The maximum Gasteiger partial charge on any atom is 0.293 e. The second-order valence-corrected chi connectivity index (χ2v) is 5.27. The Labute approximate surface area is 106 Å². The number of hydrogen-bond acceptors (Lipinski definition) is 3. The summed E-state index contributed by atoms with van der Waals surface area (Å²) >= 11 is 5.95. The Kier molecular flexibility index (Phi) is 3.72. The normalized spacial score (nSPS) is 23.2. The molecule has 5 heteroatoms. The van der Waals surface area contributed by atoms with Crippen molar-refractivity contribution in [1.29, 1.82) is 0 Å². The molecule has 1 fully saturated rings. The second-order valence-electron chi connectivity index (χ2n) is 4.66. The number of nitrogens with zero attached hydrogens (tertiary/aromatic N) is 3. The molecule has 0 atom stereocenters. The van der Waals surface area contributed by atoms with Gasteiger partial charge in [-0.1, -0.05) is 0 Å². The fourth-order valence-electron chi connectivity index (χ4n) is 2.22. The van der Waals surface area contributed by atoms with Gasteiger partial charge in [-0.3, -0.25) is 4.79 Å². The van der Waals surface area contributed by atoms with Gasteiger partial charge in [0.15, 0.2) is 5.82 Å². The maximum atomic E-state index is 12.0. The molecule has 0 aliphatic heterocycles. The Morgan fingerprint density at radius 3 is 2.88 bits per heavy atom. The zero-order valence-electron chi connectivity index (χ0n) is 10.3. The molecule has 4 nitrogen and oxygen atoms in total. The lowest BCUT2D eigenvalue weighted by atomic mass is 9.84. The summed E-state index contributed by atoms with van der Waals surface area (Å²) in [7, 11) is 1.92. The third-order valence-corrected chi connectivity index (χ3v) is 3.66. The van der Waals surface area contributed by atoms with Crippen LogP contribution >= 0.6 is 11.6 Å². The standard InChI is InChI=1S/C12H18ClN3O/c1-3-16-5-4-14-11(12(16)17)15(2)8-9-6-10(13)7-9/h4-5,9-10H,3,6-8H2,1-2H3. The summed E-state index contributed by atoms with van der Waals surface area (Å²) < 4.78 is 1.67. The third-order valence-electron chi connectivity index (χ3n) is 3.31.